The molecule has 0 aliphatic heterocycles. The van der Waals surface area contributed by atoms with Crippen molar-refractivity contribution in [1.82, 2.24) is 9.97 Å². The maximum absolute atomic E-state index is 12.7. The summed E-state index contributed by atoms with van der Waals surface area (Å²) >= 11 is 11.3. The van der Waals surface area contributed by atoms with Crippen molar-refractivity contribution in [2.45, 2.75) is 12.7 Å². The van der Waals surface area contributed by atoms with Crippen LogP contribution in [0.25, 0.3) is 0 Å². The first-order valence-corrected chi connectivity index (χ1v) is 6.12. The number of hydrogen-bond acceptors (Lipinski definition) is 3. The number of hydrogen-bond donors (Lipinski definition) is 1. The zero-order chi connectivity index (χ0) is 14.8. The monoisotopic (exact) mass is 320 g/mol. The standard InChI is InChI=1S/C12H7Cl2F3N3/c13-10-7(2-1-3-8(10)12(15,16)17)6-19-9-4-5-18-11(14)20-9/h1-2,4-5H,6H2,(H,18,19,20). The highest BCUT2D eigenvalue weighted by atomic mass is 35.5. The van der Waals surface area contributed by atoms with Gasteiger partial charge in [-0.25, -0.2) is 9.97 Å². The van der Waals surface area contributed by atoms with Gasteiger partial charge in [-0.2, -0.15) is 13.2 Å². The van der Waals surface area contributed by atoms with Crippen molar-refractivity contribution < 1.29 is 13.2 Å². The Morgan fingerprint density at radius 3 is 2.65 bits per heavy atom. The lowest BCUT2D eigenvalue weighted by atomic mass is 10.1. The number of nitrogens with zero attached hydrogens (tertiary/aromatic N) is 2. The first kappa shape index (κ1) is 14.9. The Morgan fingerprint density at radius 1 is 1.25 bits per heavy atom. The summed E-state index contributed by atoms with van der Waals surface area (Å²) < 4.78 is 38.0. The van der Waals surface area contributed by atoms with Crippen molar-refractivity contribution in [2.75, 3.05) is 5.32 Å². The molecule has 0 aliphatic rings. The molecule has 1 radical (unpaired) electrons. The lowest BCUT2D eigenvalue weighted by molar-refractivity contribution is -0.137. The van der Waals surface area contributed by atoms with Gasteiger partial charge in [0.1, 0.15) is 5.82 Å². The Labute approximate surface area is 122 Å². The van der Waals surface area contributed by atoms with Gasteiger partial charge in [0.2, 0.25) is 5.28 Å². The van der Waals surface area contributed by atoms with Crippen molar-refractivity contribution >= 4 is 29.0 Å². The minimum Gasteiger partial charge on any atom is -0.366 e. The fourth-order valence-corrected chi connectivity index (χ4v) is 1.92. The van der Waals surface area contributed by atoms with Gasteiger partial charge in [-0.15, -0.1) is 0 Å². The van der Waals surface area contributed by atoms with Crippen LogP contribution in [0.4, 0.5) is 19.0 Å². The number of benzene rings is 1. The van der Waals surface area contributed by atoms with E-state index in [4.69, 9.17) is 23.2 Å². The predicted octanol–water partition coefficient (Wildman–Crippen LogP) is 4.21. The Bertz CT molecular complexity index is 617. The molecule has 0 saturated heterocycles. The first-order chi connectivity index (χ1) is 9.38. The van der Waals surface area contributed by atoms with Gasteiger partial charge in [-0.3, -0.25) is 0 Å². The Morgan fingerprint density at radius 2 is 2.00 bits per heavy atom. The minimum absolute atomic E-state index is 0.0403. The molecule has 0 unspecified atom stereocenters. The molecule has 105 valence electrons. The van der Waals surface area contributed by atoms with E-state index in [0.717, 1.165) is 0 Å². The molecular formula is C12H7Cl2F3N3. The topological polar surface area (TPSA) is 37.8 Å². The lowest BCUT2D eigenvalue weighted by Gasteiger charge is -2.12. The molecule has 1 aromatic carbocycles. The smallest absolute Gasteiger partial charge is 0.366 e. The molecule has 0 aliphatic carbocycles. The third-order valence-electron chi connectivity index (χ3n) is 2.38. The van der Waals surface area contributed by atoms with Gasteiger partial charge in [0.05, 0.1) is 10.6 Å². The van der Waals surface area contributed by atoms with Crippen LogP contribution in [0.2, 0.25) is 10.3 Å². The van der Waals surface area contributed by atoms with E-state index < -0.39 is 11.7 Å². The maximum atomic E-state index is 12.7. The van der Waals surface area contributed by atoms with Crippen LogP contribution in [-0.4, -0.2) is 9.97 Å². The summed E-state index contributed by atoms with van der Waals surface area (Å²) in [4.78, 5) is 7.55. The molecule has 2 rings (SSSR count). The number of halogens is 5. The largest absolute Gasteiger partial charge is 0.418 e. The van der Waals surface area contributed by atoms with Gasteiger partial charge in [-0.05, 0) is 29.3 Å². The summed E-state index contributed by atoms with van der Waals surface area (Å²) in [5.41, 5.74) is -0.702. The van der Waals surface area contributed by atoms with Crippen molar-refractivity contribution in [1.29, 1.82) is 0 Å². The quantitative estimate of drug-likeness (QED) is 0.861. The number of aromatic nitrogens is 2. The van der Waals surface area contributed by atoms with E-state index in [-0.39, 0.29) is 22.4 Å². The average molecular weight is 321 g/mol. The van der Waals surface area contributed by atoms with Gasteiger partial charge in [-0.1, -0.05) is 23.7 Å². The van der Waals surface area contributed by atoms with E-state index in [1.807, 2.05) is 0 Å². The van der Waals surface area contributed by atoms with Crippen molar-refractivity contribution in [3.05, 3.63) is 51.9 Å². The molecule has 1 heterocycles. The van der Waals surface area contributed by atoms with Gasteiger partial charge in [0.15, 0.2) is 0 Å². The Hall–Kier alpha value is -1.53. The molecule has 0 atom stereocenters. The highest BCUT2D eigenvalue weighted by Gasteiger charge is 2.34. The fourth-order valence-electron chi connectivity index (χ4n) is 1.48. The van der Waals surface area contributed by atoms with Gasteiger partial charge < -0.3 is 5.32 Å². The molecular weight excluding hydrogens is 314 g/mol. The van der Waals surface area contributed by atoms with E-state index in [2.05, 4.69) is 21.4 Å². The zero-order valence-corrected chi connectivity index (χ0v) is 11.3. The maximum Gasteiger partial charge on any atom is 0.418 e. The minimum atomic E-state index is -4.54. The van der Waals surface area contributed by atoms with Gasteiger partial charge in [0, 0.05) is 12.7 Å². The van der Waals surface area contributed by atoms with Crippen LogP contribution in [0.1, 0.15) is 11.1 Å². The summed E-state index contributed by atoms with van der Waals surface area (Å²) in [5, 5.41) is 2.48. The molecule has 8 heteroatoms. The van der Waals surface area contributed by atoms with Crippen LogP contribution in [0.15, 0.2) is 24.4 Å². The summed E-state index contributed by atoms with van der Waals surface area (Å²) in [6.07, 6.45) is -3.11. The van der Waals surface area contributed by atoms with E-state index in [1.165, 1.54) is 18.3 Å². The molecule has 0 saturated carbocycles. The van der Waals surface area contributed by atoms with Crippen molar-refractivity contribution in [3.8, 4) is 0 Å². The molecule has 1 N–H and O–H groups in total. The highest BCUT2D eigenvalue weighted by Crippen LogP contribution is 2.35. The van der Waals surface area contributed by atoms with Gasteiger partial charge >= 0.3 is 6.18 Å². The van der Waals surface area contributed by atoms with Crippen LogP contribution in [-0.2, 0) is 12.7 Å². The van der Waals surface area contributed by atoms with Crippen LogP contribution >= 0.6 is 23.2 Å². The predicted molar refractivity (Wildman–Crippen MR) is 69.7 cm³/mol. The summed E-state index contributed by atoms with van der Waals surface area (Å²) in [6.45, 7) is 0.0733. The molecule has 2 aromatic rings. The zero-order valence-electron chi connectivity index (χ0n) is 9.80. The van der Waals surface area contributed by atoms with Crippen molar-refractivity contribution in [3.63, 3.8) is 0 Å². The number of nitrogens with one attached hydrogen (secondary N) is 1. The molecule has 3 nitrogen and oxygen atoms in total. The molecule has 0 amide bonds. The van der Waals surface area contributed by atoms with Crippen molar-refractivity contribution in [2.24, 2.45) is 0 Å². The van der Waals surface area contributed by atoms with Crippen LogP contribution in [0.5, 0.6) is 0 Å². The second-order valence-electron chi connectivity index (χ2n) is 3.75. The van der Waals surface area contributed by atoms with Gasteiger partial charge in [0.25, 0.3) is 0 Å². The Balaban J connectivity index is 2.18. The Kier molecular flexibility index (Phi) is 4.35. The molecule has 0 bridgehead atoms. The summed E-state index contributed by atoms with van der Waals surface area (Å²) in [7, 11) is 0. The van der Waals surface area contributed by atoms with E-state index in [9.17, 15) is 13.2 Å². The normalized spacial score (nSPS) is 11.4. The van der Waals surface area contributed by atoms with E-state index >= 15 is 0 Å². The third kappa shape index (κ3) is 3.52. The second-order valence-corrected chi connectivity index (χ2v) is 4.47. The molecule has 0 spiro atoms. The second kappa shape index (κ2) is 5.85. The SMILES string of the molecule is FC(F)(F)c1[c]ccc(CNc2ccnc(Cl)n2)c1Cl. The van der Waals surface area contributed by atoms with Crippen LogP contribution < -0.4 is 5.32 Å². The third-order valence-corrected chi connectivity index (χ3v) is 3.00. The highest BCUT2D eigenvalue weighted by molar-refractivity contribution is 6.32. The number of rotatable bonds is 3. The summed E-state index contributed by atoms with van der Waals surface area (Å²) in [5.74, 6) is 0.391. The first-order valence-electron chi connectivity index (χ1n) is 5.36. The summed E-state index contributed by atoms with van der Waals surface area (Å²) in [6, 6.07) is 6.27. The van der Waals surface area contributed by atoms with Crippen LogP contribution in [0, 0.1) is 6.07 Å². The molecule has 1 aromatic heterocycles. The van der Waals surface area contributed by atoms with E-state index in [1.54, 1.807) is 6.07 Å². The van der Waals surface area contributed by atoms with Crippen LogP contribution in [0.3, 0.4) is 0 Å². The number of alkyl halides is 3. The molecule has 0 fully saturated rings. The average Bonchev–Trinajstić information content (AvgIpc) is 2.36. The fraction of sp³-hybridized carbons (Fsp3) is 0.167. The van der Waals surface area contributed by atoms with E-state index in [0.29, 0.717) is 5.82 Å². The molecule has 20 heavy (non-hydrogen) atoms. The lowest BCUT2D eigenvalue weighted by Crippen LogP contribution is -2.09. The number of anilines is 1.